The number of thiophene rings is 1. The molecule has 0 atom stereocenters. The van der Waals surface area contributed by atoms with Crippen LogP contribution in [0.2, 0.25) is 0 Å². The zero-order valence-electron chi connectivity index (χ0n) is 7.87. The van der Waals surface area contributed by atoms with Crippen LogP contribution in [-0.2, 0) is 11.2 Å². The van der Waals surface area contributed by atoms with E-state index in [0.29, 0.717) is 6.42 Å². The number of carboxylic acid groups (broad SMARTS) is 1. The van der Waals surface area contributed by atoms with Crippen molar-refractivity contribution in [3.05, 3.63) is 33.6 Å². The van der Waals surface area contributed by atoms with Crippen molar-refractivity contribution >= 4 is 43.3 Å². The lowest BCUT2D eigenvalue weighted by Gasteiger charge is -1.97. The van der Waals surface area contributed by atoms with Crippen LogP contribution in [-0.4, -0.2) is 11.1 Å². The summed E-state index contributed by atoms with van der Waals surface area (Å²) in [7, 11) is 0. The van der Waals surface area contributed by atoms with Crippen LogP contribution in [0.3, 0.4) is 0 Å². The zero-order chi connectivity index (χ0) is 10.8. The van der Waals surface area contributed by atoms with Crippen LogP contribution in [0, 0.1) is 0 Å². The summed E-state index contributed by atoms with van der Waals surface area (Å²) in [6, 6.07) is 6.09. The van der Waals surface area contributed by atoms with Crippen molar-refractivity contribution in [2.45, 2.75) is 12.8 Å². The van der Waals surface area contributed by atoms with E-state index in [1.54, 1.807) is 11.3 Å². The van der Waals surface area contributed by atoms with E-state index in [1.165, 1.54) is 4.70 Å². The molecule has 0 aliphatic rings. The summed E-state index contributed by atoms with van der Waals surface area (Å²) < 4.78 is 2.24. The predicted octanol–water partition coefficient (Wildman–Crippen LogP) is 3.68. The third kappa shape index (κ3) is 2.38. The van der Waals surface area contributed by atoms with E-state index >= 15 is 0 Å². The third-order valence-electron chi connectivity index (χ3n) is 2.22. The normalized spacial score (nSPS) is 10.7. The van der Waals surface area contributed by atoms with Crippen molar-refractivity contribution < 1.29 is 9.90 Å². The Labute approximate surface area is 99.7 Å². The highest BCUT2D eigenvalue weighted by Crippen LogP contribution is 2.29. The maximum Gasteiger partial charge on any atom is 0.303 e. The monoisotopic (exact) mass is 284 g/mol. The molecule has 15 heavy (non-hydrogen) atoms. The van der Waals surface area contributed by atoms with Crippen molar-refractivity contribution in [1.82, 2.24) is 0 Å². The molecule has 0 amide bonds. The molecule has 4 heteroatoms. The summed E-state index contributed by atoms with van der Waals surface area (Å²) in [5, 5.41) is 11.8. The van der Waals surface area contributed by atoms with Gasteiger partial charge in [-0.2, -0.15) is 0 Å². The van der Waals surface area contributed by atoms with Gasteiger partial charge in [0, 0.05) is 15.6 Å². The Kier molecular flexibility index (Phi) is 3.07. The largest absolute Gasteiger partial charge is 0.481 e. The molecular weight excluding hydrogens is 276 g/mol. The minimum atomic E-state index is -0.746. The highest BCUT2D eigenvalue weighted by molar-refractivity contribution is 9.10. The number of benzene rings is 1. The molecule has 0 saturated heterocycles. The Hall–Kier alpha value is -0.870. The molecule has 0 saturated carbocycles. The average Bonchev–Trinajstić information content (AvgIpc) is 2.57. The van der Waals surface area contributed by atoms with Gasteiger partial charge in [0.15, 0.2) is 0 Å². The minimum absolute atomic E-state index is 0.193. The standard InChI is InChI=1S/C11H9BrO2S/c12-8-2-3-10-9(5-8)7(6-15-10)1-4-11(13)14/h2-3,5-6H,1,4H2,(H,13,14). The molecule has 0 unspecified atom stereocenters. The summed E-state index contributed by atoms with van der Waals surface area (Å²) in [5.41, 5.74) is 1.12. The number of rotatable bonds is 3. The number of carbonyl (C=O) groups is 1. The predicted molar refractivity (Wildman–Crippen MR) is 65.5 cm³/mol. The van der Waals surface area contributed by atoms with Gasteiger partial charge in [-0.05, 0) is 40.9 Å². The number of aliphatic carboxylic acids is 1. The number of aryl methyl sites for hydroxylation is 1. The fraction of sp³-hybridized carbons (Fsp3) is 0.182. The van der Waals surface area contributed by atoms with Gasteiger partial charge in [-0.1, -0.05) is 15.9 Å². The van der Waals surface area contributed by atoms with E-state index in [4.69, 9.17) is 5.11 Å². The second kappa shape index (κ2) is 4.33. The van der Waals surface area contributed by atoms with Crippen molar-refractivity contribution in [3.8, 4) is 0 Å². The molecule has 2 nitrogen and oxygen atoms in total. The van der Waals surface area contributed by atoms with Crippen LogP contribution in [0.4, 0.5) is 0 Å². The molecule has 78 valence electrons. The molecule has 0 spiro atoms. The first-order valence-corrected chi connectivity index (χ1v) is 6.21. The number of fused-ring (bicyclic) bond motifs is 1. The topological polar surface area (TPSA) is 37.3 Å². The third-order valence-corrected chi connectivity index (χ3v) is 3.73. The van der Waals surface area contributed by atoms with E-state index in [9.17, 15) is 4.79 Å². The first-order chi connectivity index (χ1) is 7.16. The molecule has 1 N–H and O–H groups in total. The lowest BCUT2D eigenvalue weighted by atomic mass is 10.1. The van der Waals surface area contributed by atoms with E-state index in [1.807, 2.05) is 23.6 Å². The van der Waals surface area contributed by atoms with Gasteiger partial charge in [0.1, 0.15) is 0 Å². The van der Waals surface area contributed by atoms with Crippen molar-refractivity contribution in [2.75, 3.05) is 0 Å². The van der Waals surface area contributed by atoms with Gasteiger partial charge in [-0.3, -0.25) is 4.79 Å². The Balaban J connectivity index is 2.35. The summed E-state index contributed by atoms with van der Waals surface area (Å²) in [4.78, 5) is 10.5. The van der Waals surface area contributed by atoms with Gasteiger partial charge >= 0.3 is 5.97 Å². The van der Waals surface area contributed by atoms with Crippen molar-refractivity contribution in [2.24, 2.45) is 0 Å². The van der Waals surface area contributed by atoms with Crippen LogP contribution in [0.25, 0.3) is 10.1 Å². The summed E-state index contributed by atoms with van der Waals surface area (Å²) >= 11 is 5.08. The first-order valence-electron chi connectivity index (χ1n) is 4.54. The maximum absolute atomic E-state index is 10.5. The van der Waals surface area contributed by atoms with Gasteiger partial charge in [0.2, 0.25) is 0 Å². The highest BCUT2D eigenvalue weighted by Gasteiger charge is 2.06. The first kappa shape index (κ1) is 10.6. The molecular formula is C11H9BrO2S. The van der Waals surface area contributed by atoms with Crippen LogP contribution >= 0.6 is 27.3 Å². The van der Waals surface area contributed by atoms with Gasteiger partial charge < -0.3 is 5.11 Å². The number of halogens is 1. The van der Waals surface area contributed by atoms with Crippen molar-refractivity contribution in [1.29, 1.82) is 0 Å². The Morgan fingerprint density at radius 2 is 2.27 bits per heavy atom. The second-order valence-corrected chi connectivity index (χ2v) is 5.12. The molecule has 0 bridgehead atoms. The van der Waals surface area contributed by atoms with E-state index in [2.05, 4.69) is 15.9 Å². The molecule has 2 rings (SSSR count). The van der Waals surface area contributed by atoms with E-state index < -0.39 is 5.97 Å². The van der Waals surface area contributed by atoms with Crippen LogP contribution in [0.15, 0.2) is 28.1 Å². The number of carboxylic acids is 1. The molecule has 0 fully saturated rings. The molecule has 1 aromatic carbocycles. The number of hydrogen-bond donors (Lipinski definition) is 1. The van der Waals surface area contributed by atoms with E-state index in [0.717, 1.165) is 15.4 Å². The van der Waals surface area contributed by atoms with Gasteiger partial charge in [-0.25, -0.2) is 0 Å². The van der Waals surface area contributed by atoms with Gasteiger partial charge in [-0.15, -0.1) is 11.3 Å². The molecule has 0 aliphatic carbocycles. The summed E-state index contributed by atoms with van der Waals surface area (Å²) in [5.74, 6) is -0.746. The van der Waals surface area contributed by atoms with Crippen LogP contribution in [0.1, 0.15) is 12.0 Å². The smallest absolute Gasteiger partial charge is 0.303 e. The molecule has 0 aliphatic heterocycles. The fourth-order valence-electron chi connectivity index (χ4n) is 1.49. The second-order valence-electron chi connectivity index (χ2n) is 3.30. The van der Waals surface area contributed by atoms with Crippen LogP contribution in [0.5, 0.6) is 0 Å². The summed E-state index contributed by atoms with van der Waals surface area (Å²) in [6.07, 6.45) is 0.796. The molecule has 2 aromatic rings. The Morgan fingerprint density at radius 3 is 3.00 bits per heavy atom. The lowest BCUT2D eigenvalue weighted by Crippen LogP contribution is -1.96. The van der Waals surface area contributed by atoms with Gasteiger partial charge in [0.25, 0.3) is 0 Å². The lowest BCUT2D eigenvalue weighted by molar-refractivity contribution is -0.136. The van der Waals surface area contributed by atoms with Crippen molar-refractivity contribution in [3.63, 3.8) is 0 Å². The molecule has 1 aromatic heterocycles. The summed E-state index contributed by atoms with van der Waals surface area (Å²) in [6.45, 7) is 0. The zero-order valence-corrected chi connectivity index (χ0v) is 10.3. The SMILES string of the molecule is O=C(O)CCc1csc2ccc(Br)cc12. The highest BCUT2D eigenvalue weighted by atomic mass is 79.9. The molecule has 0 radical (unpaired) electrons. The average molecular weight is 285 g/mol. The Morgan fingerprint density at radius 1 is 1.47 bits per heavy atom. The van der Waals surface area contributed by atoms with Gasteiger partial charge in [0.05, 0.1) is 0 Å². The van der Waals surface area contributed by atoms with Crippen LogP contribution < -0.4 is 0 Å². The quantitative estimate of drug-likeness (QED) is 0.934. The Bertz CT molecular complexity index is 504. The maximum atomic E-state index is 10.5. The van der Waals surface area contributed by atoms with E-state index in [-0.39, 0.29) is 6.42 Å². The minimum Gasteiger partial charge on any atom is -0.481 e. The number of hydrogen-bond acceptors (Lipinski definition) is 2. The molecule has 1 heterocycles. The fourth-order valence-corrected chi connectivity index (χ4v) is 2.83.